The van der Waals surface area contributed by atoms with Crippen molar-refractivity contribution in [2.45, 2.75) is 57.4 Å². The Balaban J connectivity index is 1.39. The minimum absolute atomic E-state index is 0.207. The molecule has 4 heteroatoms. The van der Waals surface area contributed by atoms with Crippen molar-refractivity contribution in [2.24, 2.45) is 29.4 Å². The van der Waals surface area contributed by atoms with E-state index in [1.807, 2.05) is 0 Å². The van der Waals surface area contributed by atoms with Crippen LogP contribution in [0.5, 0.6) is 0 Å². The second-order valence-electron chi connectivity index (χ2n) is 7.39. The van der Waals surface area contributed by atoms with Crippen molar-refractivity contribution < 1.29 is 9.59 Å². The van der Waals surface area contributed by atoms with Crippen LogP contribution in [0.15, 0.2) is 12.2 Å². The van der Waals surface area contributed by atoms with Gasteiger partial charge in [-0.15, -0.1) is 0 Å². The summed E-state index contributed by atoms with van der Waals surface area (Å²) in [6, 6.07) is 0.316. The Kier molecular flexibility index (Phi) is 4.97. The lowest BCUT2D eigenvalue weighted by atomic mass is 9.82. The van der Waals surface area contributed by atoms with Gasteiger partial charge in [-0.3, -0.25) is 9.59 Å². The summed E-state index contributed by atoms with van der Waals surface area (Å²) in [5.74, 6) is 2.39. The number of nitrogens with two attached hydrogens (primary N) is 1. The van der Waals surface area contributed by atoms with E-state index in [0.717, 1.165) is 32.1 Å². The van der Waals surface area contributed by atoms with Crippen LogP contribution in [0.25, 0.3) is 0 Å². The van der Waals surface area contributed by atoms with Crippen molar-refractivity contribution in [3.63, 3.8) is 0 Å². The molecule has 0 aliphatic heterocycles. The molecule has 4 nitrogen and oxygen atoms in total. The summed E-state index contributed by atoms with van der Waals surface area (Å²) in [4.78, 5) is 24.1. The quantitative estimate of drug-likeness (QED) is 0.739. The molecule has 3 rings (SSSR count). The van der Waals surface area contributed by atoms with Crippen molar-refractivity contribution in [2.75, 3.05) is 6.54 Å². The smallest absolute Gasteiger partial charge is 0.223 e. The molecule has 3 aliphatic rings. The number of carbonyl (C=O) groups excluding carboxylic acids is 2. The minimum atomic E-state index is 0.207. The Hall–Kier alpha value is -1.16. The highest BCUT2D eigenvalue weighted by Crippen LogP contribution is 2.43. The summed E-state index contributed by atoms with van der Waals surface area (Å²) < 4.78 is 0. The molecule has 1 amide bonds. The van der Waals surface area contributed by atoms with Crippen molar-refractivity contribution in [1.82, 2.24) is 5.32 Å². The summed E-state index contributed by atoms with van der Waals surface area (Å²) in [6.45, 7) is 0.461. The average Bonchev–Trinajstić information content (AvgIpc) is 3.12. The predicted molar refractivity (Wildman–Crippen MR) is 86.0 cm³/mol. The number of hydrogen-bond donors (Lipinski definition) is 2. The number of ketones is 1. The van der Waals surface area contributed by atoms with E-state index in [1.165, 1.54) is 6.42 Å². The summed E-state index contributed by atoms with van der Waals surface area (Å²) in [6.07, 6.45) is 12.0. The first-order valence-electron chi connectivity index (χ1n) is 8.86. The fraction of sp³-hybridized carbons (Fsp3) is 0.778. The average molecular weight is 304 g/mol. The van der Waals surface area contributed by atoms with Crippen LogP contribution in [0.3, 0.4) is 0 Å². The minimum Gasteiger partial charge on any atom is -0.353 e. The number of carbonyl (C=O) groups is 2. The lowest BCUT2D eigenvalue weighted by molar-refractivity contribution is -0.127. The molecular weight excluding hydrogens is 276 g/mol. The first-order chi connectivity index (χ1) is 10.7. The van der Waals surface area contributed by atoms with Crippen molar-refractivity contribution in [3.8, 4) is 0 Å². The van der Waals surface area contributed by atoms with E-state index in [0.29, 0.717) is 49.0 Å². The van der Waals surface area contributed by atoms with Crippen LogP contribution < -0.4 is 11.1 Å². The molecule has 0 heterocycles. The molecule has 1 unspecified atom stereocenters. The summed E-state index contributed by atoms with van der Waals surface area (Å²) in [5.41, 5.74) is 5.42. The molecule has 0 radical (unpaired) electrons. The molecule has 2 bridgehead atoms. The van der Waals surface area contributed by atoms with Crippen LogP contribution in [0.1, 0.15) is 51.4 Å². The van der Waals surface area contributed by atoms with E-state index in [2.05, 4.69) is 17.5 Å². The van der Waals surface area contributed by atoms with Gasteiger partial charge in [-0.2, -0.15) is 0 Å². The number of hydrogen-bond acceptors (Lipinski definition) is 3. The summed E-state index contributed by atoms with van der Waals surface area (Å²) in [5, 5.41) is 3.27. The van der Waals surface area contributed by atoms with E-state index >= 15 is 0 Å². The van der Waals surface area contributed by atoms with E-state index in [9.17, 15) is 9.59 Å². The molecule has 0 saturated heterocycles. The zero-order valence-electron chi connectivity index (χ0n) is 13.3. The van der Waals surface area contributed by atoms with Gasteiger partial charge in [-0.1, -0.05) is 12.2 Å². The third-order valence-electron chi connectivity index (χ3n) is 5.75. The number of nitrogens with one attached hydrogen (secondary N) is 1. The monoisotopic (exact) mass is 304 g/mol. The van der Waals surface area contributed by atoms with Crippen LogP contribution >= 0.6 is 0 Å². The van der Waals surface area contributed by atoms with Gasteiger partial charge in [0.1, 0.15) is 5.78 Å². The lowest BCUT2D eigenvalue weighted by Gasteiger charge is -2.30. The van der Waals surface area contributed by atoms with Gasteiger partial charge in [0.2, 0.25) is 5.91 Å². The van der Waals surface area contributed by atoms with E-state index < -0.39 is 0 Å². The Morgan fingerprint density at radius 3 is 2.45 bits per heavy atom. The van der Waals surface area contributed by atoms with Crippen molar-refractivity contribution in [3.05, 3.63) is 12.2 Å². The maximum Gasteiger partial charge on any atom is 0.223 e. The van der Waals surface area contributed by atoms with E-state index in [4.69, 9.17) is 5.73 Å². The first kappa shape index (κ1) is 15.7. The molecule has 2 saturated carbocycles. The highest BCUT2D eigenvalue weighted by Gasteiger charge is 2.40. The molecule has 2 fully saturated rings. The van der Waals surface area contributed by atoms with Crippen molar-refractivity contribution in [1.29, 1.82) is 0 Å². The topological polar surface area (TPSA) is 72.2 Å². The first-order valence-corrected chi connectivity index (χ1v) is 8.86. The molecular formula is C18H28N2O2. The number of allylic oxidation sites excluding steroid dienone is 2. The van der Waals surface area contributed by atoms with Gasteiger partial charge in [-0.05, 0) is 62.8 Å². The molecule has 0 aromatic heterocycles. The van der Waals surface area contributed by atoms with Gasteiger partial charge in [0.15, 0.2) is 0 Å². The Morgan fingerprint density at radius 2 is 1.86 bits per heavy atom. The summed E-state index contributed by atoms with van der Waals surface area (Å²) in [7, 11) is 0. The predicted octanol–water partition coefficient (Wildman–Crippen LogP) is 2.18. The molecule has 0 aromatic carbocycles. The van der Waals surface area contributed by atoms with Crippen LogP contribution in [-0.2, 0) is 9.59 Å². The molecule has 0 spiro atoms. The number of fused-ring (bicyclic) bond motifs is 2. The lowest BCUT2D eigenvalue weighted by Crippen LogP contribution is -2.42. The van der Waals surface area contributed by atoms with Crippen LogP contribution in [0.4, 0.5) is 0 Å². The zero-order chi connectivity index (χ0) is 15.5. The zero-order valence-corrected chi connectivity index (χ0v) is 13.3. The normalized spacial score (nSPS) is 36.5. The van der Waals surface area contributed by atoms with Gasteiger partial charge in [0.25, 0.3) is 0 Å². The maximum absolute atomic E-state index is 12.4. The van der Waals surface area contributed by atoms with Gasteiger partial charge in [0, 0.05) is 24.8 Å². The van der Waals surface area contributed by atoms with Gasteiger partial charge < -0.3 is 11.1 Å². The third kappa shape index (κ3) is 3.60. The largest absolute Gasteiger partial charge is 0.353 e. The second kappa shape index (κ2) is 6.95. The standard InChI is InChI=1S/C18H28N2O2/c19-8-7-16(21)10-12-2-5-15(6-3-12)20-18(22)17-11-13-1-4-14(17)9-13/h1,4,12-15,17H,2-3,5-11,19H2,(H,20,22)/t12?,13-,14+,15?,17?/m1/s1. The molecule has 122 valence electrons. The van der Waals surface area contributed by atoms with Gasteiger partial charge >= 0.3 is 0 Å². The molecule has 3 atom stereocenters. The highest BCUT2D eigenvalue weighted by molar-refractivity contribution is 5.80. The molecule has 3 N–H and O–H groups in total. The van der Waals surface area contributed by atoms with E-state index in [1.54, 1.807) is 0 Å². The fourth-order valence-electron chi connectivity index (χ4n) is 4.49. The summed E-state index contributed by atoms with van der Waals surface area (Å²) >= 11 is 0. The Morgan fingerprint density at radius 1 is 1.09 bits per heavy atom. The van der Waals surface area contributed by atoms with Crippen LogP contribution in [0, 0.1) is 23.7 Å². The number of Topliss-reactive ketones (excluding diaryl/α,β-unsaturated/α-hetero) is 1. The van der Waals surface area contributed by atoms with Crippen molar-refractivity contribution >= 4 is 11.7 Å². The molecule has 3 aliphatic carbocycles. The fourth-order valence-corrected chi connectivity index (χ4v) is 4.49. The van der Waals surface area contributed by atoms with Gasteiger partial charge in [0.05, 0.1) is 0 Å². The maximum atomic E-state index is 12.4. The van der Waals surface area contributed by atoms with Crippen LogP contribution in [-0.4, -0.2) is 24.3 Å². The van der Waals surface area contributed by atoms with E-state index in [-0.39, 0.29) is 11.8 Å². The number of amides is 1. The number of rotatable bonds is 6. The second-order valence-corrected chi connectivity index (χ2v) is 7.39. The molecule has 22 heavy (non-hydrogen) atoms. The third-order valence-corrected chi connectivity index (χ3v) is 5.75. The Bertz CT molecular complexity index is 452. The van der Waals surface area contributed by atoms with Gasteiger partial charge in [-0.25, -0.2) is 0 Å². The Labute approximate surface area is 132 Å². The van der Waals surface area contributed by atoms with Crippen LogP contribution in [0.2, 0.25) is 0 Å². The SMILES string of the molecule is NCCC(=O)CC1CCC(NC(=O)C2C[C@@H]3C=C[C@H]2C3)CC1. The highest BCUT2D eigenvalue weighted by atomic mass is 16.2. The molecule has 0 aromatic rings.